The average molecular weight is 479 g/mol. The van der Waals surface area contributed by atoms with E-state index in [0.29, 0.717) is 24.9 Å². The van der Waals surface area contributed by atoms with E-state index in [1.807, 2.05) is 44.2 Å². The van der Waals surface area contributed by atoms with E-state index < -0.39 is 12.0 Å². The molecule has 0 N–H and O–H groups in total. The lowest BCUT2D eigenvalue weighted by atomic mass is 10.1. The van der Waals surface area contributed by atoms with Gasteiger partial charge in [-0.1, -0.05) is 12.1 Å². The van der Waals surface area contributed by atoms with Crippen molar-refractivity contribution < 1.29 is 28.3 Å². The maximum Gasteiger partial charge on any atom is 0.329 e. The van der Waals surface area contributed by atoms with Crippen molar-refractivity contribution in [3.63, 3.8) is 0 Å². The summed E-state index contributed by atoms with van der Waals surface area (Å²) in [7, 11) is 1.64. The van der Waals surface area contributed by atoms with Crippen LogP contribution in [0, 0.1) is 13.8 Å². The first-order valence-electron chi connectivity index (χ1n) is 11.7. The molecule has 1 amide bonds. The molecule has 4 rings (SSSR count). The minimum Gasteiger partial charge on any atom is -0.497 e. The van der Waals surface area contributed by atoms with Crippen LogP contribution in [0.5, 0.6) is 5.75 Å². The molecule has 1 saturated heterocycles. The van der Waals surface area contributed by atoms with E-state index in [1.165, 1.54) is 16.7 Å². The van der Waals surface area contributed by atoms with Gasteiger partial charge in [0.1, 0.15) is 11.8 Å². The van der Waals surface area contributed by atoms with Gasteiger partial charge in [0.05, 0.1) is 13.4 Å². The number of carbonyl (C=O) groups excluding carboxylic acids is 3. The van der Waals surface area contributed by atoms with Crippen LogP contribution in [0.3, 0.4) is 0 Å². The van der Waals surface area contributed by atoms with Crippen molar-refractivity contribution in [1.82, 2.24) is 9.47 Å². The summed E-state index contributed by atoms with van der Waals surface area (Å²) in [5, 5.41) is 0. The zero-order chi connectivity index (χ0) is 24.9. The summed E-state index contributed by atoms with van der Waals surface area (Å²) in [5.74, 6) is -0.173. The number of aromatic nitrogens is 1. The molecule has 1 unspecified atom stereocenters. The van der Waals surface area contributed by atoms with Crippen LogP contribution in [0.2, 0.25) is 0 Å². The second-order valence-corrected chi connectivity index (χ2v) is 8.70. The monoisotopic (exact) mass is 478 g/mol. The highest BCUT2D eigenvalue weighted by Gasteiger charge is 2.37. The van der Waals surface area contributed by atoms with Crippen LogP contribution < -0.4 is 4.74 Å². The van der Waals surface area contributed by atoms with Crippen LogP contribution in [0.4, 0.5) is 0 Å². The maximum absolute atomic E-state index is 12.9. The Morgan fingerprint density at radius 2 is 1.89 bits per heavy atom. The zero-order valence-corrected chi connectivity index (χ0v) is 20.3. The lowest BCUT2D eigenvalue weighted by molar-refractivity contribution is -0.147. The van der Waals surface area contributed by atoms with E-state index in [1.54, 1.807) is 19.2 Å². The molecule has 3 heterocycles. The molecular weight excluding hydrogens is 448 g/mol. The van der Waals surface area contributed by atoms with Crippen LogP contribution in [0.15, 0.2) is 53.1 Å². The number of likely N-dealkylation sites (tertiary alicyclic amines) is 1. The Balaban J connectivity index is 1.35. The van der Waals surface area contributed by atoms with E-state index in [9.17, 15) is 14.4 Å². The Morgan fingerprint density at radius 1 is 1.11 bits per heavy atom. The standard InChI is InChI=1S/C27H30N2O6/c1-18-16-22(19(2)28(18)14-12-20-8-10-21(33-3)11-9-20)24(30)17-35-27(32)23-6-4-13-29(23)26(31)25-7-5-15-34-25/h5,7-11,15-16,23H,4,6,12-14,17H2,1-3H3. The molecule has 1 atom stereocenters. The van der Waals surface area contributed by atoms with Crippen LogP contribution >= 0.6 is 0 Å². The molecule has 0 radical (unpaired) electrons. The van der Waals surface area contributed by atoms with Gasteiger partial charge in [0, 0.05) is 30.0 Å². The number of amides is 1. The molecule has 0 aliphatic carbocycles. The summed E-state index contributed by atoms with van der Waals surface area (Å²) >= 11 is 0. The topological polar surface area (TPSA) is 91.0 Å². The Kier molecular flexibility index (Phi) is 7.39. The van der Waals surface area contributed by atoms with Gasteiger partial charge in [-0.05, 0) is 69.0 Å². The van der Waals surface area contributed by atoms with Crippen LogP contribution in [-0.4, -0.2) is 53.4 Å². The molecule has 35 heavy (non-hydrogen) atoms. The fourth-order valence-electron chi connectivity index (χ4n) is 4.57. The zero-order valence-electron chi connectivity index (χ0n) is 20.3. The molecule has 3 aromatic rings. The molecule has 184 valence electrons. The number of Topliss-reactive ketones (excluding diaryl/α,β-unsaturated/α-hetero) is 1. The highest BCUT2D eigenvalue weighted by Crippen LogP contribution is 2.22. The Labute approximate surface area is 204 Å². The van der Waals surface area contributed by atoms with E-state index in [0.717, 1.165) is 30.1 Å². The second kappa shape index (κ2) is 10.6. The maximum atomic E-state index is 12.9. The molecule has 0 saturated carbocycles. The number of furan rings is 1. The molecule has 8 nitrogen and oxygen atoms in total. The van der Waals surface area contributed by atoms with Gasteiger partial charge in [0.15, 0.2) is 12.4 Å². The molecule has 1 aliphatic heterocycles. The third-order valence-corrected chi connectivity index (χ3v) is 6.52. The number of ketones is 1. The number of ether oxygens (including phenoxy) is 2. The van der Waals surface area contributed by atoms with Gasteiger partial charge in [-0.25, -0.2) is 4.79 Å². The summed E-state index contributed by atoms with van der Waals surface area (Å²) in [4.78, 5) is 39.7. The number of hydrogen-bond acceptors (Lipinski definition) is 6. The summed E-state index contributed by atoms with van der Waals surface area (Å²) in [6.45, 7) is 4.67. The highest BCUT2D eigenvalue weighted by molar-refractivity contribution is 6.00. The van der Waals surface area contributed by atoms with Gasteiger partial charge in [0.2, 0.25) is 5.78 Å². The van der Waals surface area contributed by atoms with E-state index in [4.69, 9.17) is 13.9 Å². The molecule has 1 fully saturated rings. The normalized spacial score (nSPS) is 15.3. The lowest BCUT2D eigenvalue weighted by Crippen LogP contribution is -2.41. The van der Waals surface area contributed by atoms with Crippen molar-refractivity contribution in [3.8, 4) is 5.75 Å². The third kappa shape index (κ3) is 5.31. The summed E-state index contributed by atoms with van der Waals surface area (Å²) < 4.78 is 17.8. The quantitative estimate of drug-likeness (QED) is 0.341. The lowest BCUT2D eigenvalue weighted by Gasteiger charge is -2.22. The summed E-state index contributed by atoms with van der Waals surface area (Å²) in [5.41, 5.74) is 3.52. The molecule has 1 aromatic carbocycles. The van der Waals surface area contributed by atoms with Crippen molar-refractivity contribution in [1.29, 1.82) is 0 Å². The van der Waals surface area contributed by atoms with E-state index >= 15 is 0 Å². The fraction of sp³-hybridized carbons (Fsp3) is 0.370. The minimum atomic E-state index is -0.711. The summed E-state index contributed by atoms with van der Waals surface area (Å²) in [6.07, 6.45) is 3.42. The average Bonchev–Trinajstić information content (AvgIpc) is 3.62. The van der Waals surface area contributed by atoms with E-state index in [-0.39, 0.29) is 24.1 Å². The van der Waals surface area contributed by atoms with Crippen molar-refractivity contribution in [2.24, 2.45) is 0 Å². The largest absolute Gasteiger partial charge is 0.497 e. The predicted molar refractivity (Wildman–Crippen MR) is 129 cm³/mol. The number of rotatable bonds is 9. The Bertz CT molecular complexity index is 1190. The first-order chi connectivity index (χ1) is 16.9. The van der Waals surface area contributed by atoms with Crippen molar-refractivity contribution in [3.05, 3.63) is 77.0 Å². The molecule has 0 spiro atoms. The minimum absolute atomic E-state index is 0.183. The van der Waals surface area contributed by atoms with Crippen molar-refractivity contribution in [2.75, 3.05) is 20.3 Å². The first-order valence-corrected chi connectivity index (χ1v) is 11.7. The fourth-order valence-corrected chi connectivity index (χ4v) is 4.57. The molecule has 0 bridgehead atoms. The number of carbonyl (C=O) groups is 3. The molecular formula is C27H30N2O6. The molecule has 8 heteroatoms. The highest BCUT2D eigenvalue weighted by atomic mass is 16.5. The number of methoxy groups -OCH3 is 1. The van der Waals surface area contributed by atoms with Crippen LogP contribution in [0.1, 0.15) is 50.7 Å². The van der Waals surface area contributed by atoms with Gasteiger partial charge >= 0.3 is 5.97 Å². The van der Waals surface area contributed by atoms with Crippen LogP contribution in [-0.2, 0) is 22.5 Å². The van der Waals surface area contributed by atoms with Crippen molar-refractivity contribution in [2.45, 2.75) is 45.7 Å². The van der Waals surface area contributed by atoms with Gasteiger partial charge in [-0.3, -0.25) is 9.59 Å². The van der Waals surface area contributed by atoms with Crippen LogP contribution in [0.25, 0.3) is 0 Å². The Morgan fingerprint density at radius 3 is 2.57 bits per heavy atom. The molecule has 1 aliphatic rings. The number of esters is 1. The number of aryl methyl sites for hydroxylation is 2. The van der Waals surface area contributed by atoms with Gasteiger partial charge in [-0.2, -0.15) is 0 Å². The van der Waals surface area contributed by atoms with Gasteiger partial charge < -0.3 is 23.4 Å². The third-order valence-electron chi connectivity index (χ3n) is 6.52. The SMILES string of the molecule is COc1ccc(CCn2c(C)cc(C(=O)COC(=O)C3CCCN3C(=O)c3ccco3)c2C)cc1. The number of hydrogen-bond donors (Lipinski definition) is 0. The van der Waals surface area contributed by atoms with E-state index in [2.05, 4.69) is 4.57 Å². The first kappa shape index (κ1) is 24.3. The number of benzene rings is 1. The Hall–Kier alpha value is -3.81. The van der Waals surface area contributed by atoms with Gasteiger partial charge in [-0.15, -0.1) is 0 Å². The smallest absolute Gasteiger partial charge is 0.329 e. The predicted octanol–water partition coefficient (Wildman–Crippen LogP) is 3.98. The van der Waals surface area contributed by atoms with Gasteiger partial charge in [0.25, 0.3) is 5.91 Å². The number of nitrogens with zero attached hydrogens (tertiary/aromatic N) is 2. The summed E-state index contributed by atoms with van der Waals surface area (Å²) in [6, 6.07) is 12.2. The molecule has 2 aromatic heterocycles. The van der Waals surface area contributed by atoms with Crippen molar-refractivity contribution >= 4 is 17.7 Å². The second-order valence-electron chi connectivity index (χ2n) is 8.70.